The average molecular weight is 431 g/mol. The number of hydrogen-bond donors (Lipinski definition) is 3. The van der Waals surface area contributed by atoms with Crippen LogP contribution < -0.4 is 16.0 Å². The maximum atomic E-state index is 13.5. The Bertz CT molecular complexity index is 1070. The molecule has 3 rings (SSSR count). The minimum Gasteiger partial charge on any atom is -0.459 e. The lowest BCUT2D eigenvalue weighted by atomic mass is 10.1. The number of alkyl halides is 3. The molecule has 1 heterocycles. The Hall–Kier alpha value is -3.75. The molecule has 0 saturated carbocycles. The van der Waals surface area contributed by atoms with E-state index in [1.165, 1.54) is 24.5 Å². The Morgan fingerprint density at radius 1 is 0.968 bits per heavy atom. The Labute approximate surface area is 176 Å². The number of anilines is 3. The minimum absolute atomic E-state index is 0.0288. The molecule has 0 spiro atoms. The van der Waals surface area contributed by atoms with Gasteiger partial charge in [0.05, 0.1) is 18.4 Å². The van der Waals surface area contributed by atoms with E-state index in [1.807, 2.05) is 32.0 Å². The van der Waals surface area contributed by atoms with Gasteiger partial charge in [-0.1, -0.05) is 18.2 Å². The van der Waals surface area contributed by atoms with E-state index in [1.54, 1.807) is 0 Å². The maximum Gasteiger partial charge on any atom is 0.418 e. The highest BCUT2D eigenvalue weighted by Crippen LogP contribution is 2.36. The second-order valence-corrected chi connectivity index (χ2v) is 6.86. The number of benzene rings is 2. The summed E-state index contributed by atoms with van der Waals surface area (Å²) in [5.41, 5.74) is 0.979. The lowest BCUT2D eigenvalue weighted by Crippen LogP contribution is -2.24. The lowest BCUT2D eigenvalue weighted by Gasteiger charge is -2.17. The molecule has 0 radical (unpaired) electrons. The molecule has 3 aromatic rings. The predicted octanol–water partition coefficient (Wildman–Crippen LogP) is 5.22. The van der Waals surface area contributed by atoms with Gasteiger partial charge in [0.25, 0.3) is 5.91 Å². The van der Waals surface area contributed by atoms with Gasteiger partial charge in [0, 0.05) is 17.1 Å². The lowest BCUT2D eigenvalue weighted by molar-refractivity contribution is -0.137. The summed E-state index contributed by atoms with van der Waals surface area (Å²) in [5.74, 6) is -1.19. The van der Waals surface area contributed by atoms with Gasteiger partial charge in [0.15, 0.2) is 5.76 Å². The van der Waals surface area contributed by atoms with Crippen LogP contribution in [0.15, 0.2) is 59.2 Å². The van der Waals surface area contributed by atoms with Crippen LogP contribution in [0.4, 0.5) is 30.2 Å². The van der Waals surface area contributed by atoms with Crippen LogP contribution in [0.5, 0.6) is 0 Å². The third-order valence-corrected chi connectivity index (χ3v) is 4.51. The molecule has 6 nitrogen and oxygen atoms in total. The molecule has 0 aliphatic carbocycles. The molecule has 9 heteroatoms. The highest BCUT2D eigenvalue weighted by atomic mass is 19.4. The van der Waals surface area contributed by atoms with E-state index in [4.69, 9.17) is 4.42 Å². The van der Waals surface area contributed by atoms with Crippen LogP contribution in [-0.4, -0.2) is 18.4 Å². The first-order valence-corrected chi connectivity index (χ1v) is 9.31. The second kappa shape index (κ2) is 8.95. The highest BCUT2D eigenvalue weighted by Gasteiger charge is 2.34. The molecule has 3 N–H and O–H groups in total. The number of hydrogen-bond acceptors (Lipinski definition) is 4. The van der Waals surface area contributed by atoms with Crippen molar-refractivity contribution in [2.75, 3.05) is 22.5 Å². The smallest absolute Gasteiger partial charge is 0.418 e. The fourth-order valence-corrected chi connectivity index (χ4v) is 2.98. The summed E-state index contributed by atoms with van der Waals surface area (Å²) in [6.07, 6.45) is -3.41. The summed E-state index contributed by atoms with van der Waals surface area (Å²) in [7, 11) is 0. The van der Waals surface area contributed by atoms with Gasteiger partial charge in [0.1, 0.15) is 0 Å². The van der Waals surface area contributed by atoms with Crippen LogP contribution in [0.2, 0.25) is 0 Å². The normalized spacial score (nSPS) is 11.1. The first-order chi connectivity index (χ1) is 14.6. The van der Waals surface area contributed by atoms with Gasteiger partial charge in [-0.25, -0.2) is 0 Å². The van der Waals surface area contributed by atoms with Crippen molar-refractivity contribution in [3.05, 3.63) is 77.2 Å². The summed E-state index contributed by atoms with van der Waals surface area (Å²) in [6, 6.07) is 11.7. The summed E-state index contributed by atoms with van der Waals surface area (Å²) in [5, 5.41) is 7.59. The number of carbonyl (C=O) groups excluding carboxylic acids is 2. The van der Waals surface area contributed by atoms with Crippen molar-refractivity contribution >= 4 is 28.9 Å². The molecule has 0 aliphatic rings. The number of furan rings is 1. The zero-order chi connectivity index (χ0) is 22.6. The largest absolute Gasteiger partial charge is 0.459 e. The van der Waals surface area contributed by atoms with E-state index in [0.29, 0.717) is 5.69 Å². The van der Waals surface area contributed by atoms with Gasteiger partial charge in [-0.15, -0.1) is 0 Å². The van der Waals surface area contributed by atoms with Gasteiger partial charge < -0.3 is 20.4 Å². The Kier molecular flexibility index (Phi) is 6.33. The molecule has 2 amide bonds. The average Bonchev–Trinajstić information content (AvgIpc) is 3.24. The number of carbonyl (C=O) groups is 2. The first-order valence-electron chi connectivity index (χ1n) is 9.31. The number of halogens is 3. The van der Waals surface area contributed by atoms with E-state index < -0.39 is 23.6 Å². The standard InChI is InChI=1S/C22H20F3N3O3/c1-13-5-3-6-14(2)20(13)28-19(29)12-26-17-9-8-15(11-16(17)22(23,24)25)27-21(30)18-7-4-10-31-18/h3-11,26H,12H2,1-2H3,(H,27,30)(H,28,29). The van der Waals surface area contributed by atoms with Crippen molar-refractivity contribution in [2.24, 2.45) is 0 Å². The second-order valence-electron chi connectivity index (χ2n) is 6.86. The molecule has 1 aromatic heterocycles. The first kappa shape index (κ1) is 21.9. The molecule has 2 aromatic carbocycles. The molecular formula is C22H20F3N3O3. The SMILES string of the molecule is Cc1cccc(C)c1NC(=O)CNc1ccc(NC(=O)c2ccco2)cc1C(F)(F)F. The third-order valence-electron chi connectivity index (χ3n) is 4.51. The highest BCUT2D eigenvalue weighted by molar-refractivity contribution is 6.02. The summed E-state index contributed by atoms with van der Waals surface area (Å²) in [4.78, 5) is 24.3. The van der Waals surface area contributed by atoms with Crippen LogP contribution in [0.1, 0.15) is 27.2 Å². The summed E-state index contributed by atoms with van der Waals surface area (Å²) >= 11 is 0. The van der Waals surface area contributed by atoms with Crippen LogP contribution in [0, 0.1) is 13.8 Å². The van der Waals surface area contributed by atoms with E-state index >= 15 is 0 Å². The van der Waals surface area contributed by atoms with Crippen LogP contribution in [0.3, 0.4) is 0 Å². The summed E-state index contributed by atoms with van der Waals surface area (Å²) in [6.45, 7) is 3.29. The molecule has 0 fully saturated rings. The van der Waals surface area contributed by atoms with E-state index in [0.717, 1.165) is 23.3 Å². The van der Waals surface area contributed by atoms with E-state index in [-0.39, 0.29) is 23.7 Å². The van der Waals surface area contributed by atoms with Crippen LogP contribution >= 0.6 is 0 Å². The molecule has 162 valence electrons. The third kappa shape index (κ3) is 5.44. The molecule has 0 bridgehead atoms. The van der Waals surface area contributed by atoms with Crippen molar-refractivity contribution in [3.63, 3.8) is 0 Å². The van der Waals surface area contributed by atoms with Gasteiger partial charge in [-0.3, -0.25) is 9.59 Å². The zero-order valence-electron chi connectivity index (χ0n) is 16.8. The number of nitrogens with one attached hydrogen (secondary N) is 3. The van der Waals surface area contributed by atoms with Crippen LogP contribution in [-0.2, 0) is 11.0 Å². The van der Waals surface area contributed by atoms with Gasteiger partial charge in [-0.2, -0.15) is 13.2 Å². The van der Waals surface area contributed by atoms with E-state index in [2.05, 4.69) is 16.0 Å². The fourth-order valence-electron chi connectivity index (χ4n) is 2.98. The van der Waals surface area contributed by atoms with Gasteiger partial charge in [0.2, 0.25) is 5.91 Å². The minimum atomic E-state index is -4.70. The Balaban J connectivity index is 1.73. The Morgan fingerprint density at radius 3 is 2.29 bits per heavy atom. The quantitative estimate of drug-likeness (QED) is 0.500. The van der Waals surface area contributed by atoms with Crippen molar-refractivity contribution < 1.29 is 27.2 Å². The predicted molar refractivity (Wildman–Crippen MR) is 111 cm³/mol. The zero-order valence-corrected chi connectivity index (χ0v) is 16.8. The monoisotopic (exact) mass is 431 g/mol. The van der Waals surface area contributed by atoms with Crippen molar-refractivity contribution in [1.82, 2.24) is 0 Å². The molecular weight excluding hydrogens is 411 g/mol. The van der Waals surface area contributed by atoms with Crippen molar-refractivity contribution in [3.8, 4) is 0 Å². The van der Waals surface area contributed by atoms with Crippen molar-refractivity contribution in [2.45, 2.75) is 20.0 Å². The molecule has 31 heavy (non-hydrogen) atoms. The maximum absolute atomic E-state index is 13.5. The number of para-hydroxylation sites is 1. The van der Waals surface area contributed by atoms with E-state index in [9.17, 15) is 22.8 Å². The summed E-state index contributed by atoms with van der Waals surface area (Å²) < 4.78 is 45.6. The number of rotatable bonds is 6. The molecule has 0 unspecified atom stereocenters. The fraction of sp³-hybridized carbons (Fsp3) is 0.182. The van der Waals surface area contributed by atoms with Crippen molar-refractivity contribution in [1.29, 1.82) is 0 Å². The molecule has 0 saturated heterocycles. The van der Waals surface area contributed by atoms with Crippen LogP contribution in [0.25, 0.3) is 0 Å². The molecule has 0 aliphatic heterocycles. The number of aryl methyl sites for hydroxylation is 2. The van der Waals surface area contributed by atoms with Gasteiger partial charge in [-0.05, 0) is 55.3 Å². The Morgan fingerprint density at radius 2 is 1.68 bits per heavy atom. The number of amides is 2. The van der Waals surface area contributed by atoms with Gasteiger partial charge >= 0.3 is 6.18 Å². The topological polar surface area (TPSA) is 83.4 Å². The molecule has 0 atom stereocenters.